The maximum Gasteiger partial charge on any atom is 0.266 e. The van der Waals surface area contributed by atoms with Crippen molar-refractivity contribution >= 4 is 11.9 Å². The molecular formula is C23H24FN5O2. The largest absolute Gasteiger partial charge is 0.390 e. The van der Waals surface area contributed by atoms with Gasteiger partial charge in [0.2, 0.25) is 5.95 Å². The zero-order chi connectivity index (χ0) is 22.2. The summed E-state index contributed by atoms with van der Waals surface area (Å²) >= 11 is 0. The molecule has 0 saturated carbocycles. The maximum absolute atomic E-state index is 14.3. The minimum absolute atomic E-state index is 0.0942. The van der Waals surface area contributed by atoms with E-state index in [0.29, 0.717) is 34.5 Å². The highest BCUT2D eigenvalue weighted by Crippen LogP contribution is 2.41. The summed E-state index contributed by atoms with van der Waals surface area (Å²) in [5, 5.41) is 9.82. The van der Waals surface area contributed by atoms with Gasteiger partial charge in [-0.25, -0.2) is 9.98 Å². The number of aliphatic imine (C=N–C) groups is 1. The van der Waals surface area contributed by atoms with E-state index in [1.165, 1.54) is 11.1 Å². The van der Waals surface area contributed by atoms with E-state index in [1.54, 1.807) is 49.5 Å². The zero-order valence-corrected chi connectivity index (χ0v) is 17.4. The number of halogens is 1. The summed E-state index contributed by atoms with van der Waals surface area (Å²) < 4.78 is 16.2. The van der Waals surface area contributed by atoms with E-state index in [0.717, 1.165) is 6.42 Å². The Kier molecular flexibility index (Phi) is 5.32. The fourth-order valence-electron chi connectivity index (χ4n) is 4.03. The summed E-state index contributed by atoms with van der Waals surface area (Å²) in [5.41, 5.74) is 7.39. The van der Waals surface area contributed by atoms with Gasteiger partial charge in [-0.05, 0) is 41.8 Å². The van der Waals surface area contributed by atoms with Crippen LogP contribution in [-0.2, 0) is 23.5 Å². The average molecular weight is 421 g/mol. The number of aryl methyl sites for hydroxylation is 1. The van der Waals surface area contributed by atoms with Gasteiger partial charge < -0.3 is 15.4 Å². The number of benzene rings is 1. The molecule has 1 aliphatic heterocycles. The van der Waals surface area contributed by atoms with E-state index >= 15 is 0 Å². The second kappa shape index (κ2) is 7.96. The molecule has 31 heavy (non-hydrogen) atoms. The Balaban J connectivity index is 1.94. The van der Waals surface area contributed by atoms with E-state index in [1.807, 2.05) is 17.7 Å². The van der Waals surface area contributed by atoms with Crippen molar-refractivity contribution in [3.63, 3.8) is 0 Å². The number of hydrogen-bond acceptors (Lipinski definition) is 5. The lowest BCUT2D eigenvalue weighted by atomic mass is 9.83. The van der Waals surface area contributed by atoms with Crippen molar-refractivity contribution in [2.45, 2.75) is 32.0 Å². The highest BCUT2D eigenvalue weighted by molar-refractivity contribution is 6.09. The van der Waals surface area contributed by atoms with Crippen molar-refractivity contribution < 1.29 is 14.3 Å². The van der Waals surface area contributed by atoms with Gasteiger partial charge >= 0.3 is 0 Å². The molecule has 0 bridgehead atoms. The van der Waals surface area contributed by atoms with Crippen molar-refractivity contribution in [2.24, 2.45) is 10.7 Å². The molecule has 0 radical (unpaired) electrons. The summed E-state index contributed by atoms with van der Waals surface area (Å²) in [6.45, 7) is 2.56. The van der Waals surface area contributed by atoms with Crippen molar-refractivity contribution in [1.29, 1.82) is 0 Å². The molecule has 1 unspecified atom stereocenters. The molecule has 3 aromatic rings. The lowest BCUT2D eigenvalue weighted by molar-refractivity contribution is -0.129. The molecule has 1 aliphatic rings. The molecule has 8 heteroatoms. The molecule has 3 N–H and O–H groups in total. The second-order valence-corrected chi connectivity index (χ2v) is 7.54. The number of carbonyl (C=O) groups excluding carboxylic acids is 1. The van der Waals surface area contributed by atoms with Crippen LogP contribution in [0, 0.1) is 5.95 Å². The fraction of sp³-hybridized carbons (Fsp3) is 0.261. The Morgan fingerprint density at radius 1 is 1.19 bits per heavy atom. The van der Waals surface area contributed by atoms with Crippen LogP contribution in [0.2, 0.25) is 0 Å². The van der Waals surface area contributed by atoms with Crippen LogP contribution < -0.4 is 5.73 Å². The van der Waals surface area contributed by atoms with Gasteiger partial charge in [-0.15, -0.1) is 0 Å². The predicted octanol–water partition coefficient (Wildman–Crippen LogP) is 2.62. The van der Waals surface area contributed by atoms with Gasteiger partial charge in [-0.3, -0.25) is 9.69 Å². The standard InChI is InChI=1S/C23H24FN5O2/c1-3-10-29-13-17(12-18(29)14-30)23(21(31)28(2)22(25)27-23)16-7-4-6-15(11-16)19-8-5-9-26-20(19)24/h4-9,11-13,30H,3,10,14H2,1-2H3,(H2,25,27). The molecule has 1 amide bonds. The van der Waals surface area contributed by atoms with E-state index in [9.17, 15) is 14.3 Å². The Bertz CT molecular complexity index is 1170. The lowest BCUT2D eigenvalue weighted by Crippen LogP contribution is -2.41. The van der Waals surface area contributed by atoms with Crippen molar-refractivity contribution in [3.05, 3.63) is 77.6 Å². The number of pyridine rings is 1. The Hall–Kier alpha value is -3.52. The maximum atomic E-state index is 14.3. The number of carbonyl (C=O) groups is 1. The number of rotatable bonds is 6. The molecule has 7 nitrogen and oxygen atoms in total. The van der Waals surface area contributed by atoms with Crippen LogP contribution in [-0.4, -0.2) is 38.5 Å². The molecule has 2 aromatic heterocycles. The number of nitrogens with zero attached hydrogens (tertiary/aromatic N) is 4. The first-order valence-corrected chi connectivity index (χ1v) is 10.1. The molecule has 0 aliphatic carbocycles. The van der Waals surface area contributed by atoms with Gasteiger partial charge in [0.1, 0.15) is 0 Å². The van der Waals surface area contributed by atoms with Gasteiger partial charge in [0, 0.05) is 42.8 Å². The van der Waals surface area contributed by atoms with Gasteiger partial charge in [-0.2, -0.15) is 4.39 Å². The molecule has 0 spiro atoms. The van der Waals surface area contributed by atoms with Gasteiger partial charge in [0.05, 0.1) is 6.61 Å². The van der Waals surface area contributed by atoms with Gasteiger partial charge in [0.15, 0.2) is 11.5 Å². The van der Waals surface area contributed by atoms with Crippen molar-refractivity contribution in [2.75, 3.05) is 7.05 Å². The van der Waals surface area contributed by atoms with Crippen LogP contribution >= 0.6 is 0 Å². The first kappa shape index (κ1) is 20.7. The minimum atomic E-state index is -1.42. The Morgan fingerprint density at radius 2 is 2.00 bits per heavy atom. The van der Waals surface area contributed by atoms with E-state index < -0.39 is 11.5 Å². The Labute approximate surface area is 179 Å². The van der Waals surface area contributed by atoms with E-state index in [-0.39, 0.29) is 18.5 Å². The van der Waals surface area contributed by atoms with E-state index in [2.05, 4.69) is 9.98 Å². The lowest BCUT2D eigenvalue weighted by Gasteiger charge is -2.25. The van der Waals surface area contributed by atoms with Crippen LogP contribution in [0.5, 0.6) is 0 Å². The minimum Gasteiger partial charge on any atom is -0.390 e. The molecule has 0 saturated heterocycles. The second-order valence-electron chi connectivity index (χ2n) is 7.54. The molecular weight excluding hydrogens is 397 g/mol. The van der Waals surface area contributed by atoms with Crippen LogP contribution in [0.3, 0.4) is 0 Å². The molecule has 160 valence electrons. The number of aromatic nitrogens is 2. The van der Waals surface area contributed by atoms with Crippen LogP contribution in [0.15, 0.2) is 59.9 Å². The molecule has 1 aromatic carbocycles. The van der Waals surface area contributed by atoms with Gasteiger partial charge in [-0.1, -0.05) is 25.1 Å². The monoisotopic (exact) mass is 421 g/mol. The Morgan fingerprint density at radius 3 is 2.65 bits per heavy atom. The topological polar surface area (TPSA) is 96.7 Å². The normalized spacial score (nSPS) is 18.5. The van der Waals surface area contributed by atoms with Crippen LogP contribution in [0.1, 0.15) is 30.2 Å². The van der Waals surface area contributed by atoms with Crippen LogP contribution in [0.4, 0.5) is 4.39 Å². The average Bonchev–Trinajstić information content (AvgIpc) is 3.29. The summed E-state index contributed by atoms with van der Waals surface area (Å²) in [5.74, 6) is -0.813. The van der Waals surface area contributed by atoms with Crippen molar-refractivity contribution in [1.82, 2.24) is 14.5 Å². The highest BCUT2D eigenvalue weighted by atomic mass is 19.1. The third-order valence-electron chi connectivity index (χ3n) is 5.62. The number of aliphatic hydroxyl groups is 1. The van der Waals surface area contributed by atoms with Gasteiger partial charge in [0.25, 0.3) is 5.91 Å². The number of amides is 1. The smallest absolute Gasteiger partial charge is 0.266 e. The predicted molar refractivity (Wildman–Crippen MR) is 115 cm³/mol. The number of nitrogens with two attached hydrogens (primary N) is 1. The molecule has 0 fully saturated rings. The molecule has 3 heterocycles. The van der Waals surface area contributed by atoms with E-state index in [4.69, 9.17) is 5.73 Å². The zero-order valence-electron chi connectivity index (χ0n) is 17.4. The number of likely N-dealkylation sites (N-methyl/N-ethyl adjacent to an activating group) is 1. The fourth-order valence-corrected chi connectivity index (χ4v) is 4.03. The van der Waals surface area contributed by atoms with Crippen molar-refractivity contribution in [3.8, 4) is 11.1 Å². The molecule has 1 atom stereocenters. The van der Waals surface area contributed by atoms with Crippen LogP contribution in [0.25, 0.3) is 11.1 Å². The SMILES string of the molecule is CCCn1cc(C2(c3cccc(-c4cccnc4F)c3)N=C(N)N(C)C2=O)cc1CO. The summed E-state index contributed by atoms with van der Waals surface area (Å²) in [4.78, 5) is 23.1. The quantitative estimate of drug-likeness (QED) is 0.598. The summed E-state index contributed by atoms with van der Waals surface area (Å²) in [6, 6.07) is 12.1. The number of aliphatic hydroxyl groups excluding tert-OH is 1. The third kappa shape index (κ3) is 3.29. The molecule has 4 rings (SSSR count). The summed E-state index contributed by atoms with van der Waals surface area (Å²) in [6.07, 6.45) is 4.08. The first-order chi connectivity index (χ1) is 14.9. The summed E-state index contributed by atoms with van der Waals surface area (Å²) in [7, 11) is 1.57. The third-order valence-corrected chi connectivity index (χ3v) is 5.62. The number of hydrogen-bond donors (Lipinski definition) is 2. The first-order valence-electron chi connectivity index (χ1n) is 10.1. The highest BCUT2D eigenvalue weighted by Gasteiger charge is 2.50. The number of guanidine groups is 1.